The van der Waals surface area contributed by atoms with Crippen LogP contribution in [0.15, 0.2) is 65.7 Å². The van der Waals surface area contributed by atoms with Gasteiger partial charge in [0.2, 0.25) is 15.9 Å². The standard InChI is InChI=1S/C28H33N3O6S/c1-6-18-11-13-22(14-12-18)38(34,35)30-24-23-15-19(17-29-26(23)37-28(3,4)25(24)32)27(33)31(7-2)20-9-8-10-21(16-20)36-5/h8-17,24-25,30,32H,6-7H2,1-5H3/t24-,25+/m1/s1. The number of pyridine rings is 1. The van der Waals surface area contributed by atoms with Crippen molar-refractivity contribution in [3.8, 4) is 11.6 Å². The molecule has 1 aliphatic rings. The molecule has 0 bridgehead atoms. The molecule has 0 fully saturated rings. The van der Waals surface area contributed by atoms with Crippen LogP contribution in [0.1, 0.15) is 55.2 Å². The highest BCUT2D eigenvalue weighted by atomic mass is 32.2. The first kappa shape index (κ1) is 27.6. The fraction of sp³-hybridized carbons (Fsp3) is 0.357. The predicted octanol–water partition coefficient (Wildman–Crippen LogP) is 3.87. The van der Waals surface area contributed by atoms with E-state index in [1.54, 1.807) is 62.3 Å². The van der Waals surface area contributed by atoms with Crippen LogP contribution in [0.5, 0.6) is 11.6 Å². The lowest BCUT2D eigenvalue weighted by Crippen LogP contribution is -2.53. The number of aliphatic hydroxyl groups excluding tert-OH is 1. The largest absolute Gasteiger partial charge is 0.497 e. The minimum atomic E-state index is -4.02. The van der Waals surface area contributed by atoms with Crippen molar-refractivity contribution < 1.29 is 27.8 Å². The van der Waals surface area contributed by atoms with Crippen LogP contribution in [-0.2, 0) is 16.4 Å². The summed E-state index contributed by atoms with van der Waals surface area (Å²) in [4.78, 5) is 19.5. The Bertz CT molecular complexity index is 1420. The summed E-state index contributed by atoms with van der Waals surface area (Å²) in [7, 11) is -2.47. The third-order valence-electron chi connectivity index (χ3n) is 6.70. The molecular weight excluding hydrogens is 506 g/mol. The van der Waals surface area contributed by atoms with Crippen LogP contribution in [0, 0.1) is 0 Å². The van der Waals surface area contributed by atoms with Gasteiger partial charge in [0.05, 0.1) is 23.6 Å². The number of anilines is 1. The van der Waals surface area contributed by atoms with Crippen molar-refractivity contribution in [3.05, 3.63) is 77.5 Å². The Balaban J connectivity index is 1.72. The number of hydrogen-bond acceptors (Lipinski definition) is 7. The summed E-state index contributed by atoms with van der Waals surface area (Å²) in [5.74, 6) is 0.417. The Morgan fingerprint density at radius 3 is 2.50 bits per heavy atom. The maximum Gasteiger partial charge on any atom is 0.259 e. The van der Waals surface area contributed by atoms with E-state index in [1.165, 1.54) is 24.4 Å². The highest BCUT2D eigenvalue weighted by Crippen LogP contribution is 2.40. The zero-order valence-electron chi connectivity index (χ0n) is 22.1. The molecule has 1 aliphatic heterocycles. The number of aliphatic hydroxyl groups is 1. The van der Waals surface area contributed by atoms with Gasteiger partial charge in [-0.1, -0.05) is 25.1 Å². The molecule has 2 heterocycles. The molecule has 9 nitrogen and oxygen atoms in total. The summed E-state index contributed by atoms with van der Waals surface area (Å²) in [6, 6.07) is 14.1. The fourth-order valence-corrected chi connectivity index (χ4v) is 5.64. The number of aryl methyl sites for hydroxylation is 1. The summed E-state index contributed by atoms with van der Waals surface area (Å²) in [5, 5.41) is 11.2. The summed E-state index contributed by atoms with van der Waals surface area (Å²) in [5.41, 5.74) is 1.00. The lowest BCUT2D eigenvalue weighted by molar-refractivity contribution is -0.0632. The van der Waals surface area contributed by atoms with Crippen molar-refractivity contribution in [1.82, 2.24) is 9.71 Å². The number of carbonyl (C=O) groups is 1. The van der Waals surface area contributed by atoms with E-state index >= 15 is 0 Å². The third-order valence-corrected chi connectivity index (χ3v) is 8.16. The van der Waals surface area contributed by atoms with Crippen LogP contribution in [0.3, 0.4) is 0 Å². The molecule has 0 unspecified atom stereocenters. The number of amides is 1. The van der Waals surface area contributed by atoms with Crippen molar-refractivity contribution in [1.29, 1.82) is 0 Å². The zero-order valence-corrected chi connectivity index (χ0v) is 23.0. The van der Waals surface area contributed by atoms with E-state index < -0.39 is 27.8 Å². The molecule has 0 radical (unpaired) electrons. The summed E-state index contributed by atoms with van der Waals surface area (Å²) >= 11 is 0. The van der Waals surface area contributed by atoms with Crippen molar-refractivity contribution in [2.75, 3.05) is 18.6 Å². The number of carbonyl (C=O) groups excluding carboxylic acids is 1. The molecule has 2 aromatic carbocycles. The van der Waals surface area contributed by atoms with Gasteiger partial charge in [0, 0.05) is 30.1 Å². The van der Waals surface area contributed by atoms with E-state index in [0.717, 1.165) is 12.0 Å². The van der Waals surface area contributed by atoms with Gasteiger partial charge in [0.25, 0.3) is 5.91 Å². The molecular formula is C28H33N3O6S. The van der Waals surface area contributed by atoms with Crippen molar-refractivity contribution in [2.45, 2.75) is 56.8 Å². The highest BCUT2D eigenvalue weighted by Gasteiger charge is 2.45. The van der Waals surface area contributed by atoms with E-state index in [0.29, 0.717) is 18.0 Å². The number of rotatable bonds is 8. The molecule has 0 saturated carbocycles. The van der Waals surface area contributed by atoms with Gasteiger partial charge in [-0.15, -0.1) is 0 Å². The van der Waals surface area contributed by atoms with Crippen molar-refractivity contribution in [2.24, 2.45) is 0 Å². The highest BCUT2D eigenvalue weighted by molar-refractivity contribution is 7.89. The molecule has 1 amide bonds. The SMILES string of the molecule is CCc1ccc(S(=O)(=O)N[C@@H]2c3cc(C(=O)N(CC)c4cccc(OC)c4)cnc3OC(C)(C)[C@H]2O)cc1. The molecule has 3 aromatic rings. The third kappa shape index (κ3) is 5.38. The topological polar surface area (TPSA) is 118 Å². The van der Waals surface area contributed by atoms with Crippen molar-refractivity contribution in [3.63, 3.8) is 0 Å². The van der Waals surface area contributed by atoms with Crippen LogP contribution in [0.25, 0.3) is 0 Å². The number of aromatic nitrogens is 1. The molecule has 2 N–H and O–H groups in total. The Labute approximate surface area is 223 Å². The van der Waals surface area contributed by atoms with Crippen LogP contribution in [-0.4, -0.2) is 49.8 Å². The number of fused-ring (bicyclic) bond motifs is 1. The molecule has 0 aliphatic carbocycles. The summed E-state index contributed by atoms with van der Waals surface area (Å²) in [6.45, 7) is 7.51. The second kappa shape index (κ2) is 10.7. The number of ether oxygens (including phenoxy) is 2. The molecule has 0 saturated heterocycles. The molecule has 1 aromatic heterocycles. The smallest absolute Gasteiger partial charge is 0.259 e. The van der Waals surface area contributed by atoms with E-state index in [-0.39, 0.29) is 27.8 Å². The number of sulfonamides is 1. The minimum Gasteiger partial charge on any atom is -0.497 e. The molecule has 0 spiro atoms. The average molecular weight is 540 g/mol. The first-order valence-electron chi connectivity index (χ1n) is 12.4. The lowest BCUT2D eigenvalue weighted by atomic mass is 9.88. The Hall–Kier alpha value is -3.47. The second-order valence-electron chi connectivity index (χ2n) is 9.62. The van der Waals surface area contributed by atoms with Gasteiger partial charge in [0.1, 0.15) is 17.5 Å². The fourth-order valence-electron chi connectivity index (χ4n) is 4.42. The van der Waals surface area contributed by atoms with E-state index in [9.17, 15) is 18.3 Å². The molecule has 202 valence electrons. The average Bonchev–Trinajstić information content (AvgIpc) is 2.91. The van der Waals surface area contributed by atoms with Crippen molar-refractivity contribution >= 4 is 21.6 Å². The maximum absolute atomic E-state index is 13.5. The van der Waals surface area contributed by atoms with E-state index in [4.69, 9.17) is 9.47 Å². The van der Waals surface area contributed by atoms with Crippen LogP contribution in [0.4, 0.5) is 5.69 Å². The van der Waals surface area contributed by atoms with Gasteiger partial charge in [-0.05, 0) is 63.1 Å². The molecule has 38 heavy (non-hydrogen) atoms. The number of nitrogens with zero attached hydrogens (tertiary/aromatic N) is 2. The summed E-state index contributed by atoms with van der Waals surface area (Å²) in [6.07, 6.45) is 0.917. The van der Waals surface area contributed by atoms with Gasteiger partial charge in [0.15, 0.2) is 0 Å². The second-order valence-corrected chi connectivity index (χ2v) is 11.3. The van der Waals surface area contributed by atoms with Crippen LogP contribution < -0.4 is 19.1 Å². The quantitative estimate of drug-likeness (QED) is 0.446. The maximum atomic E-state index is 13.5. The monoisotopic (exact) mass is 539 g/mol. The van der Waals surface area contributed by atoms with Crippen LogP contribution >= 0.6 is 0 Å². The summed E-state index contributed by atoms with van der Waals surface area (Å²) < 4.78 is 40.5. The predicted molar refractivity (Wildman–Crippen MR) is 144 cm³/mol. The number of benzene rings is 2. The van der Waals surface area contributed by atoms with E-state index in [1.807, 2.05) is 13.8 Å². The van der Waals surface area contributed by atoms with Gasteiger partial charge in [-0.3, -0.25) is 4.79 Å². The Morgan fingerprint density at radius 1 is 1.16 bits per heavy atom. The Morgan fingerprint density at radius 2 is 1.87 bits per heavy atom. The van der Waals surface area contributed by atoms with Gasteiger partial charge < -0.3 is 19.5 Å². The van der Waals surface area contributed by atoms with Gasteiger partial charge in [-0.2, -0.15) is 0 Å². The Kier molecular flexibility index (Phi) is 7.78. The van der Waals surface area contributed by atoms with Gasteiger partial charge in [-0.25, -0.2) is 18.1 Å². The first-order chi connectivity index (χ1) is 18.0. The number of methoxy groups -OCH3 is 1. The minimum absolute atomic E-state index is 0.0723. The lowest BCUT2D eigenvalue weighted by Gasteiger charge is -2.41. The van der Waals surface area contributed by atoms with Gasteiger partial charge >= 0.3 is 0 Å². The van der Waals surface area contributed by atoms with Crippen LogP contribution in [0.2, 0.25) is 0 Å². The number of hydrogen-bond donors (Lipinski definition) is 2. The zero-order chi connectivity index (χ0) is 27.7. The number of nitrogens with one attached hydrogen (secondary N) is 1. The molecule has 2 atom stereocenters. The normalized spacial score (nSPS) is 18.3. The first-order valence-corrected chi connectivity index (χ1v) is 13.9. The molecule has 10 heteroatoms. The van der Waals surface area contributed by atoms with E-state index in [2.05, 4.69) is 9.71 Å². The molecule has 4 rings (SSSR count).